The second kappa shape index (κ2) is 12.4. The number of rotatable bonds is 11. The van der Waals surface area contributed by atoms with E-state index in [1.54, 1.807) is 0 Å². The van der Waals surface area contributed by atoms with Gasteiger partial charge in [-0.25, -0.2) is 9.59 Å². The average Bonchev–Trinajstić information content (AvgIpc) is 2.94. The maximum atomic E-state index is 12.5. The van der Waals surface area contributed by atoms with Crippen molar-refractivity contribution in [3.05, 3.63) is 65.2 Å². The molecule has 0 atom stereocenters. The summed E-state index contributed by atoms with van der Waals surface area (Å²) in [6, 6.07) is 13.8. The van der Waals surface area contributed by atoms with Crippen LogP contribution in [-0.2, 0) is 16.1 Å². The Morgan fingerprint density at radius 1 is 0.622 bits per heavy atom. The van der Waals surface area contributed by atoms with E-state index in [1.165, 1.54) is 60.9 Å². The minimum absolute atomic E-state index is 0.0290. The SMILES string of the molecule is COC(=O)c1cc(OCc2ccccc2)c(OC)c(Oc2cc(C(=O)OC)c(OC)c(OC)c2OC)c1. The zero-order valence-electron chi connectivity index (χ0n) is 21.4. The number of hydrogen-bond donors (Lipinski definition) is 0. The molecule has 0 saturated heterocycles. The van der Waals surface area contributed by atoms with Crippen molar-refractivity contribution < 1.29 is 47.5 Å². The summed E-state index contributed by atoms with van der Waals surface area (Å²) in [5, 5.41) is 0. The fraction of sp³-hybridized carbons (Fsp3) is 0.259. The Balaban J connectivity index is 2.17. The lowest BCUT2D eigenvalue weighted by molar-refractivity contribution is 0.0589. The monoisotopic (exact) mass is 512 g/mol. The topological polar surface area (TPSA) is 108 Å². The van der Waals surface area contributed by atoms with Gasteiger partial charge in [-0.2, -0.15) is 0 Å². The van der Waals surface area contributed by atoms with E-state index < -0.39 is 11.9 Å². The molecule has 0 amide bonds. The molecule has 10 nitrogen and oxygen atoms in total. The maximum Gasteiger partial charge on any atom is 0.341 e. The lowest BCUT2D eigenvalue weighted by atomic mass is 10.1. The Bertz CT molecular complexity index is 1250. The molecule has 0 N–H and O–H groups in total. The summed E-state index contributed by atoms with van der Waals surface area (Å²) in [6.07, 6.45) is 0. The number of carbonyl (C=O) groups excluding carboxylic acids is 2. The van der Waals surface area contributed by atoms with Gasteiger partial charge in [0.2, 0.25) is 17.2 Å². The van der Waals surface area contributed by atoms with Crippen molar-refractivity contribution in [1.29, 1.82) is 0 Å². The van der Waals surface area contributed by atoms with Crippen LogP contribution in [0.25, 0.3) is 0 Å². The summed E-state index contributed by atoms with van der Waals surface area (Å²) in [5.41, 5.74) is 1.08. The Hall–Kier alpha value is -4.60. The van der Waals surface area contributed by atoms with Gasteiger partial charge in [0.05, 0.1) is 48.2 Å². The van der Waals surface area contributed by atoms with E-state index in [0.29, 0.717) is 0 Å². The number of ether oxygens (including phenoxy) is 8. The van der Waals surface area contributed by atoms with Gasteiger partial charge in [-0.3, -0.25) is 0 Å². The summed E-state index contributed by atoms with van der Waals surface area (Å²) < 4.78 is 43.8. The van der Waals surface area contributed by atoms with Gasteiger partial charge < -0.3 is 37.9 Å². The third kappa shape index (κ3) is 5.80. The average molecular weight is 513 g/mol. The van der Waals surface area contributed by atoms with Gasteiger partial charge in [0.15, 0.2) is 23.0 Å². The first-order valence-electron chi connectivity index (χ1n) is 11.0. The summed E-state index contributed by atoms with van der Waals surface area (Å²) in [6.45, 7) is 0.202. The van der Waals surface area contributed by atoms with Crippen LogP contribution in [0, 0.1) is 0 Å². The molecule has 0 aliphatic carbocycles. The van der Waals surface area contributed by atoms with Crippen LogP contribution in [0.5, 0.6) is 40.2 Å². The van der Waals surface area contributed by atoms with Gasteiger partial charge in [-0.05, 0) is 17.7 Å². The largest absolute Gasteiger partial charge is 0.492 e. The van der Waals surface area contributed by atoms with Crippen molar-refractivity contribution in [2.24, 2.45) is 0 Å². The summed E-state index contributed by atoms with van der Waals surface area (Å²) in [4.78, 5) is 24.9. The number of carbonyl (C=O) groups is 2. The second-order valence-electron chi connectivity index (χ2n) is 7.39. The molecule has 3 aromatic carbocycles. The lowest BCUT2D eigenvalue weighted by Crippen LogP contribution is -2.08. The lowest BCUT2D eigenvalue weighted by Gasteiger charge is -2.20. The third-order valence-electron chi connectivity index (χ3n) is 5.28. The molecule has 0 aliphatic heterocycles. The number of methoxy groups -OCH3 is 6. The van der Waals surface area contributed by atoms with E-state index in [-0.39, 0.29) is 58.0 Å². The number of benzene rings is 3. The molecule has 0 aromatic heterocycles. The smallest absolute Gasteiger partial charge is 0.341 e. The standard InChI is InChI=1S/C27H28O10/c1-30-22-18(27(29)35-6)14-21(24(32-3)25(22)33-4)37-20-13-17(26(28)34-5)12-19(23(20)31-2)36-15-16-10-8-7-9-11-16/h7-14H,15H2,1-6H3. The van der Waals surface area contributed by atoms with E-state index in [1.807, 2.05) is 30.3 Å². The quantitative estimate of drug-likeness (QED) is 0.337. The van der Waals surface area contributed by atoms with Crippen LogP contribution in [-0.4, -0.2) is 54.6 Å². The Labute approximate surface area is 214 Å². The predicted molar refractivity (Wildman–Crippen MR) is 133 cm³/mol. The Morgan fingerprint density at radius 3 is 1.76 bits per heavy atom. The van der Waals surface area contributed by atoms with Crippen LogP contribution in [0.2, 0.25) is 0 Å². The first-order valence-corrected chi connectivity index (χ1v) is 11.0. The van der Waals surface area contributed by atoms with Crippen LogP contribution in [0.1, 0.15) is 26.3 Å². The number of esters is 2. The molecule has 0 fully saturated rings. The van der Waals surface area contributed by atoms with Gasteiger partial charge in [0.1, 0.15) is 12.2 Å². The number of hydrogen-bond acceptors (Lipinski definition) is 10. The first kappa shape index (κ1) is 27.0. The van der Waals surface area contributed by atoms with Crippen LogP contribution in [0.4, 0.5) is 0 Å². The highest BCUT2D eigenvalue weighted by molar-refractivity contribution is 5.95. The van der Waals surface area contributed by atoms with Crippen molar-refractivity contribution in [3.63, 3.8) is 0 Å². The molecular weight excluding hydrogens is 484 g/mol. The highest BCUT2D eigenvalue weighted by Crippen LogP contribution is 2.50. The predicted octanol–water partition coefficient (Wildman–Crippen LogP) is 4.67. The van der Waals surface area contributed by atoms with Crippen molar-refractivity contribution >= 4 is 11.9 Å². The molecule has 0 bridgehead atoms. The zero-order chi connectivity index (χ0) is 26.9. The van der Waals surface area contributed by atoms with Gasteiger partial charge >= 0.3 is 11.9 Å². The Morgan fingerprint density at radius 2 is 1.19 bits per heavy atom. The van der Waals surface area contributed by atoms with Gasteiger partial charge in [-0.15, -0.1) is 0 Å². The van der Waals surface area contributed by atoms with Crippen LogP contribution < -0.4 is 28.4 Å². The van der Waals surface area contributed by atoms with Gasteiger partial charge in [0, 0.05) is 6.07 Å². The normalized spacial score (nSPS) is 10.2. The molecular formula is C27H28O10. The highest BCUT2D eigenvalue weighted by Gasteiger charge is 2.28. The zero-order valence-corrected chi connectivity index (χ0v) is 21.4. The molecule has 3 rings (SSSR count). The van der Waals surface area contributed by atoms with Crippen LogP contribution >= 0.6 is 0 Å². The van der Waals surface area contributed by atoms with Gasteiger partial charge in [-0.1, -0.05) is 30.3 Å². The maximum absolute atomic E-state index is 12.5. The first-order chi connectivity index (χ1) is 17.9. The summed E-state index contributed by atoms with van der Waals surface area (Å²) in [5.74, 6) is -0.394. The molecule has 10 heteroatoms. The molecule has 3 aromatic rings. The van der Waals surface area contributed by atoms with E-state index in [0.717, 1.165) is 5.56 Å². The summed E-state index contributed by atoms with van der Waals surface area (Å²) in [7, 11) is 8.10. The minimum Gasteiger partial charge on any atom is -0.492 e. The van der Waals surface area contributed by atoms with Gasteiger partial charge in [0.25, 0.3) is 0 Å². The molecule has 0 aliphatic rings. The highest BCUT2D eigenvalue weighted by atomic mass is 16.6. The molecule has 196 valence electrons. The second-order valence-corrected chi connectivity index (χ2v) is 7.39. The molecule has 0 unspecified atom stereocenters. The minimum atomic E-state index is -0.690. The van der Waals surface area contributed by atoms with E-state index in [4.69, 9.17) is 37.9 Å². The molecule has 0 heterocycles. The summed E-state index contributed by atoms with van der Waals surface area (Å²) >= 11 is 0. The van der Waals surface area contributed by atoms with E-state index >= 15 is 0 Å². The fourth-order valence-electron chi connectivity index (χ4n) is 3.57. The van der Waals surface area contributed by atoms with Crippen molar-refractivity contribution in [1.82, 2.24) is 0 Å². The third-order valence-corrected chi connectivity index (χ3v) is 5.28. The van der Waals surface area contributed by atoms with Crippen LogP contribution in [0.15, 0.2) is 48.5 Å². The molecule has 0 radical (unpaired) electrons. The van der Waals surface area contributed by atoms with E-state index in [9.17, 15) is 9.59 Å². The molecule has 0 saturated carbocycles. The van der Waals surface area contributed by atoms with Crippen molar-refractivity contribution in [2.75, 3.05) is 42.7 Å². The van der Waals surface area contributed by atoms with E-state index in [2.05, 4.69) is 0 Å². The fourth-order valence-corrected chi connectivity index (χ4v) is 3.57. The van der Waals surface area contributed by atoms with Crippen molar-refractivity contribution in [2.45, 2.75) is 6.61 Å². The van der Waals surface area contributed by atoms with Crippen LogP contribution in [0.3, 0.4) is 0 Å². The molecule has 37 heavy (non-hydrogen) atoms. The molecule has 0 spiro atoms. The van der Waals surface area contributed by atoms with Crippen molar-refractivity contribution in [3.8, 4) is 40.2 Å². The Kier molecular flexibility index (Phi) is 9.04.